The van der Waals surface area contributed by atoms with Gasteiger partial charge in [0.2, 0.25) is 0 Å². The molecule has 92 valence electrons. The number of nitrogens with one attached hydrogen (secondary N) is 1. The van der Waals surface area contributed by atoms with E-state index in [0.29, 0.717) is 12.1 Å². The normalized spacial score (nSPS) is 31.2. The van der Waals surface area contributed by atoms with Crippen LogP contribution < -0.4 is 5.32 Å². The molecule has 1 N–H and O–H groups in total. The second-order valence-corrected chi connectivity index (χ2v) is 5.68. The van der Waals surface area contributed by atoms with Gasteiger partial charge in [0.25, 0.3) is 0 Å². The summed E-state index contributed by atoms with van der Waals surface area (Å²) in [6.45, 7) is 7.09. The molecule has 0 aromatic rings. The Balaban J connectivity index is 2.31. The van der Waals surface area contributed by atoms with Gasteiger partial charge in [-0.15, -0.1) is 18.2 Å². The van der Waals surface area contributed by atoms with Crippen LogP contribution in [0.1, 0.15) is 20.3 Å². The monoisotopic (exact) mass is 240 g/mol. The molecule has 1 aliphatic heterocycles. The molecule has 0 radical (unpaired) electrons. The molecule has 1 aliphatic rings. The highest BCUT2D eigenvalue weighted by Crippen LogP contribution is 2.23. The van der Waals surface area contributed by atoms with E-state index in [1.807, 2.05) is 11.8 Å². The van der Waals surface area contributed by atoms with Gasteiger partial charge < -0.3 is 5.32 Å². The molecule has 16 heavy (non-hydrogen) atoms. The molecule has 1 heterocycles. The minimum atomic E-state index is 0.678. The summed E-state index contributed by atoms with van der Waals surface area (Å²) in [4.78, 5) is 2.60. The number of hydrogen-bond donors (Lipinski definition) is 1. The molecule has 3 heteroatoms. The lowest BCUT2D eigenvalue weighted by atomic mass is 9.87. The Morgan fingerprint density at radius 2 is 2.25 bits per heavy atom. The van der Waals surface area contributed by atoms with Gasteiger partial charge in [-0.1, -0.05) is 12.8 Å². The second kappa shape index (κ2) is 7.21. The van der Waals surface area contributed by atoms with E-state index in [4.69, 9.17) is 6.42 Å². The zero-order chi connectivity index (χ0) is 12.0. The van der Waals surface area contributed by atoms with Crippen molar-refractivity contribution in [3.05, 3.63) is 0 Å². The first-order chi connectivity index (χ1) is 7.70. The summed E-state index contributed by atoms with van der Waals surface area (Å²) < 4.78 is 0. The Labute approximate surface area is 105 Å². The van der Waals surface area contributed by atoms with Crippen LogP contribution in [0.15, 0.2) is 0 Å². The third kappa shape index (κ3) is 3.69. The second-order valence-electron chi connectivity index (χ2n) is 4.58. The number of piperidine rings is 1. The fourth-order valence-corrected chi connectivity index (χ4v) is 3.10. The van der Waals surface area contributed by atoms with Crippen molar-refractivity contribution < 1.29 is 0 Å². The summed E-state index contributed by atoms with van der Waals surface area (Å²) in [6, 6.07) is 1.36. The van der Waals surface area contributed by atoms with Crippen molar-refractivity contribution in [2.45, 2.75) is 32.4 Å². The number of likely N-dealkylation sites (tertiary alicyclic amines) is 1. The molecule has 1 saturated heterocycles. The first kappa shape index (κ1) is 13.9. The molecule has 0 bridgehead atoms. The highest BCUT2D eigenvalue weighted by Gasteiger charge is 2.30. The van der Waals surface area contributed by atoms with Gasteiger partial charge in [0.1, 0.15) is 0 Å². The summed E-state index contributed by atoms with van der Waals surface area (Å²) in [5, 5.41) is 3.42. The van der Waals surface area contributed by atoms with Gasteiger partial charge in [0, 0.05) is 24.4 Å². The fourth-order valence-electron chi connectivity index (χ4n) is 2.48. The Morgan fingerprint density at radius 3 is 2.88 bits per heavy atom. The van der Waals surface area contributed by atoms with Gasteiger partial charge in [-0.25, -0.2) is 0 Å². The van der Waals surface area contributed by atoms with Crippen LogP contribution in [-0.2, 0) is 0 Å². The van der Waals surface area contributed by atoms with Crippen molar-refractivity contribution in [2.75, 3.05) is 31.6 Å². The largest absolute Gasteiger partial charge is 0.317 e. The van der Waals surface area contributed by atoms with E-state index in [0.717, 1.165) is 17.4 Å². The van der Waals surface area contributed by atoms with Crippen molar-refractivity contribution in [1.29, 1.82) is 0 Å². The average Bonchev–Trinajstić information content (AvgIpc) is 2.30. The summed E-state index contributed by atoms with van der Waals surface area (Å²) in [7, 11) is 2.08. The van der Waals surface area contributed by atoms with Crippen LogP contribution in [0.2, 0.25) is 0 Å². The molecule has 0 aliphatic carbocycles. The van der Waals surface area contributed by atoms with Crippen molar-refractivity contribution in [1.82, 2.24) is 10.2 Å². The van der Waals surface area contributed by atoms with E-state index in [1.54, 1.807) is 0 Å². The molecule has 3 atom stereocenters. The molecule has 1 fully saturated rings. The first-order valence-corrected chi connectivity index (χ1v) is 7.28. The van der Waals surface area contributed by atoms with E-state index >= 15 is 0 Å². The van der Waals surface area contributed by atoms with Gasteiger partial charge in [0.15, 0.2) is 0 Å². The molecule has 0 spiro atoms. The van der Waals surface area contributed by atoms with E-state index < -0.39 is 0 Å². The third-order valence-electron chi connectivity index (χ3n) is 3.78. The predicted octanol–water partition coefficient (Wildman–Crippen LogP) is 1.67. The minimum Gasteiger partial charge on any atom is -0.317 e. The van der Waals surface area contributed by atoms with Crippen LogP contribution in [0.3, 0.4) is 0 Å². The zero-order valence-electron chi connectivity index (χ0n) is 10.7. The molecule has 0 aromatic carbocycles. The van der Waals surface area contributed by atoms with Crippen molar-refractivity contribution in [2.24, 2.45) is 5.92 Å². The molecule has 3 unspecified atom stereocenters. The summed E-state index contributed by atoms with van der Waals surface area (Å²) in [6.07, 6.45) is 6.51. The van der Waals surface area contributed by atoms with Gasteiger partial charge >= 0.3 is 0 Å². The third-order valence-corrected chi connectivity index (χ3v) is 4.62. The first-order valence-electron chi connectivity index (χ1n) is 6.13. The molecule has 2 nitrogen and oxygen atoms in total. The maximum Gasteiger partial charge on any atom is 0.0545 e. The number of nitrogens with zero attached hydrogens (tertiary/aromatic N) is 1. The number of terminal acetylenes is 1. The average molecular weight is 240 g/mol. The predicted molar refractivity (Wildman–Crippen MR) is 73.8 cm³/mol. The highest BCUT2D eigenvalue weighted by molar-refractivity contribution is 7.99. The lowest BCUT2D eigenvalue weighted by Gasteiger charge is -2.42. The van der Waals surface area contributed by atoms with E-state index in [1.165, 1.54) is 19.5 Å². The zero-order valence-corrected chi connectivity index (χ0v) is 11.5. The van der Waals surface area contributed by atoms with Crippen LogP contribution in [0.5, 0.6) is 0 Å². The fraction of sp³-hybridized carbons (Fsp3) is 0.846. The SMILES string of the molecule is C#CCSCCN1CCC(NC)C(C)C1C. The molecule has 0 aromatic heterocycles. The quantitative estimate of drug-likeness (QED) is 0.581. The summed E-state index contributed by atoms with van der Waals surface area (Å²) >= 11 is 1.86. The van der Waals surface area contributed by atoms with Gasteiger partial charge in [-0.3, -0.25) is 4.90 Å². The van der Waals surface area contributed by atoms with Crippen LogP contribution >= 0.6 is 11.8 Å². The Bertz CT molecular complexity index is 237. The lowest BCUT2D eigenvalue weighted by molar-refractivity contribution is 0.0942. The molecular formula is C13H24N2S. The molecule has 0 amide bonds. The van der Waals surface area contributed by atoms with Gasteiger partial charge in [-0.2, -0.15) is 0 Å². The molecular weight excluding hydrogens is 216 g/mol. The van der Waals surface area contributed by atoms with E-state index in [2.05, 4.69) is 37.0 Å². The number of rotatable bonds is 5. The topological polar surface area (TPSA) is 15.3 Å². The maximum absolute atomic E-state index is 5.24. The molecule has 1 rings (SSSR count). The number of thioether (sulfide) groups is 1. The van der Waals surface area contributed by atoms with Crippen LogP contribution in [0.25, 0.3) is 0 Å². The minimum absolute atomic E-state index is 0.678. The van der Waals surface area contributed by atoms with Crippen molar-refractivity contribution in [3.8, 4) is 12.3 Å². The maximum atomic E-state index is 5.24. The van der Waals surface area contributed by atoms with Gasteiger partial charge in [-0.05, 0) is 32.9 Å². The van der Waals surface area contributed by atoms with Crippen molar-refractivity contribution >= 4 is 11.8 Å². The van der Waals surface area contributed by atoms with Gasteiger partial charge in [0.05, 0.1) is 5.75 Å². The van der Waals surface area contributed by atoms with E-state index in [9.17, 15) is 0 Å². The van der Waals surface area contributed by atoms with E-state index in [-0.39, 0.29) is 0 Å². The summed E-state index contributed by atoms with van der Waals surface area (Å²) in [5.41, 5.74) is 0. The van der Waals surface area contributed by atoms with Crippen LogP contribution in [0, 0.1) is 18.3 Å². The van der Waals surface area contributed by atoms with Crippen molar-refractivity contribution in [3.63, 3.8) is 0 Å². The Kier molecular flexibility index (Phi) is 6.26. The smallest absolute Gasteiger partial charge is 0.0545 e. The number of hydrogen-bond acceptors (Lipinski definition) is 3. The summed E-state index contributed by atoms with van der Waals surface area (Å²) in [5.74, 6) is 5.41. The lowest BCUT2D eigenvalue weighted by Crippen LogP contribution is -2.53. The Morgan fingerprint density at radius 1 is 1.50 bits per heavy atom. The van der Waals surface area contributed by atoms with Crippen LogP contribution in [-0.4, -0.2) is 48.6 Å². The Hall–Kier alpha value is -0.170. The molecule has 0 saturated carbocycles. The standard InChI is InChI=1S/C13H24N2S/c1-5-9-16-10-8-15-7-6-13(14-4)11(2)12(15)3/h1,11-14H,6-10H2,2-4H3. The van der Waals surface area contributed by atoms with Crippen LogP contribution in [0.4, 0.5) is 0 Å². The highest BCUT2D eigenvalue weighted by atomic mass is 32.2.